The van der Waals surface area contributed by atoms with E-state index in [1.165, 1.54) is 0 Å². The summed E-state index contributed by atoms with van der Waals surface area (Å²) in [7, 11) is 0. The van der Waals surface area contributed by atoms with Gasteiger partial charge in [-0.25, -0.2) is 0 Å². The first kappa shape index (κ1) is 7.86. The van der Waals surface area contributed by atoms with Crippen LogP contribution in [0.1, 0.15) is 5.56 Å². The third-order valence-electron chi connectivity index (χ3n) is 1.10. The lowest BCUT2D eigenvalue weighted by Gasteiger charge is -2.12. The molecular weight excluding hydrogens is 169 g/mol. The number of halogens is 2. The first-order chi connectivity index (χ1) is 4.61. The van der Waals surface area contributed by atoms with Crippen LogP contribution in [0.3, 0.4) is 0 Å². The predicted octanol–water partition coefficient (Wildman–Crippen LogP) is 2.03. The van der Waals surface area contributed by atoms with Crippen LogP contribution in [0.5, 0.6) is 0 Å². The Labute approximate surface area is 69.7 Å². The van der Waals surface area contributed by atoms with Crippen LogP contribution in [-0.4, -0.2) is 0 Å². The van der Waals surface area contributed by atoms with Crippen molar-refractivity contribution < 1.29 is 0 Å². The van der Waals surface area contributed by atoms with E-state index in [4.69, 9.17) is 28.9 Å². The molecule has 0 saturated carbocycles. The molecule has 1 aromatic carbocycles. The summed E-state index contributed by atoms with van der Waals surface area (Å²) in [5, 5.41) is 0. The standard InChI is InChI=1S/C7H6Cl2N/c8-7(9,10)6-4-2-1-3-5-6/h2-5H,10H2. The van der Waals surface area contributed by atoms with E-state index in [9.17, 15) is 0 Å². The van der Waals surface area contributed by atoms with Gasteiger partial charge in [-0.3, -0.25) is 5.73 Å². The van der Waals surface area contributed by atoms with Crippen molar-refractivity contribution >= 4 is 23.2 Å². The Hall–Kier alpha value is -0.240. The van der Waals surface area contributed by atoms with Gasteiger partial charge in [-0.1, -0.05) is 47.5 Å². The lowest BCUT2D eigenvalue weighted by Crippen LogP contribution is -2.21. The van der Waals surface area contributed by atoms with Gasteiger partial charge in [0, 0.05) is 5.56 Å². The number of hydrogen-bond donors (Lipinski definition) is 1. The monoisotopic (exact) mass is 174 g/mol. The summed E-state index contributed by atoms with van der Waals surface area (Å²) in [5.74, 6) is 0. The van der Waals surface area contributed by atoms with E-state index in [1.54, 1.807) is 24.3 Å². The molecule has 0 aliphatic carbocycles. The molecule has 0 fully saturated rings. The molecule has 0 bridgehead atoms. The molecular formula is C7H6Cl2N. The fourth-order valence-corrected chi connectivity index (χ4v) is 0.861. The molecule has 0 aliphatic rings. The first-order valence-corrected chi connectivity index (χ1v) is 3.49. The van der Waals surface area contributed by atoms with E-state index < -0.39 is 4.46 Å². The normalized spacial score (nSPS) is 11.5. The zero-order valence-electron chi connectivity index (χ0n) is 5.14. The van der Waals surface area contributed by atoms with Crippen molar-refractivity contribution in [2.45, 2.75) is 4.46 Å². The molecule has 1 nitrogen and oxygen atoms in total. The quantitative estimate of drug-likeness (QED) is 0.512. The number of benzene rings is 1. The summed E-state index contributed by atoms with van der Waals surface area (Å²) in [4.78, 5) is 0. The Morgan fingerprint density at radius 2 is 1.80 bits per heavy atom. The van der Waals surface area contributed by atoms with Gasteiger partial charge < -0.3 is 0 Å². The average Bonchev–Trinajstić information content (AvgIpc) is 1.88. The number of alkyl halides is 2. The highest BCUT2D eigenvalue weighted by molar-refractivity contribution is 6.47. The largest absolute Gasteiger partial charge is 0.296 e. The van der Waals surface area contributed by atoms with Gasteiger partial charge in [0.05, 0.1) is 0 Å². The highest BCUT2D eigenvalue weighted by atomic mass is 35.5. The Morgan fingerprint density at radius 3 is 2.10 bits per heavy atom. The molecule has 2 N–H and O–H groups in total. The minimum atomic E-state index is -1.28. The highest BCUT2D eigenvalue weighted by Crippen LogP contribution is 2.26. The zero-order chi connectivity index (χ0) is 7.61. The number of nitrogens with two attached hydrogens (primary N) is 1. The molecule has 1 rings (SSSR count). The predicted molar refractivity (Wildman–Crippen MR) is 42.8 cm³/mol. The van der Waals surface area contributed by atoms with E-state index in [-0.39, 0.29) is 0 Å². The fourth-order valence-electron chi connectivity index (χ4n) is 0.609. The Kier molecular flexibility index (Phi) is 2.19. The lowest BCUT2D eigenvalue weighted by molar-refractivity contribution is 0.917. The molecule has 0 amide bonds. The van der Waals surface area contributed by atoms with Crippen LogP contribution < -0.4 is 5.73 Å². The van der Waals surface area contributed by atoms with Crippen molar-refractivity contribution in [2.75, 3.05) is 0 Å². The Morgan fingerprint density at radius 1 is 1.30 bits per heavy atom. The van der Waals surface area contributed by atoms with Gasteiger partial charge in [-0.2, -0.15) is 0 Å². The second-order valence-electron chi connectivity index (χ2n) is 1.91. The third-order valence-corrected chi connectivity index (χ3v) is 1.54. The average molecular weight is 175 g/mol. The molecule has 3 heteroatoms. The molecule has 0 atom stereocenters. The fraction of sp³-hybridized carbons (Fsp3) is 0.143. The van der Waals surface area contributed by atoms with Gasteiger partial charge in [0.2, 0.25) is 0 Å². The van der Waals surface area contributed by atoms with E-state index in [1.807, 2.05) is 0 Å². The van der Waals surface area contributed by atoms with Crippen molar-refractivity contribution in [1.29, 1.82) is 0 Å². The maximum absolute atomic E-state index is 5.59. The van der Waals surface area contributed by atoms with Crippen LogP contribution in [0.15, 0.2) is 24.3 Å². The van der Waals surface area contributed by atoms with Crippen molar-refractivity contribution in [3.63, 3.8) is 0 Å². The summed E-state index contributed by atoms with van der Waals surface area (Å²) in [6.45, 7) is 0. The molecule has 1 aromatic rings. The van der Waals surface area contributed by atoms with Crippen LogP contribution in [0.4, 0.5) is 0 Å². The van der Waals surface area contributed by atoms with Gasteiger partial charge in [-0.05, 0) is 6.07 Å². The van der Waals surface area contributed by atoms with Crippen LogP contribution >= 0.6 is 23.2 Å². The van der Waals surface area contributed by atoms with Gasteiger partial charge in [-0.15, -0.1) is 0 Å². The summed E-state index contributed by atoms with van der Waals surface area (Å²) in [5.41, 5.74) is 6.05. The van der Waals surface area contributed by atoms with Crippen molar-refractivity contribution in [3.8, 4) is 0 Å². The van der Waals surface area contributed by atoms with Crippen LogP contribution in [0, 0.1) is 6.07 Å². The maximum atomic E-state index is 5.59. The number of rotatable bonds is 1. The molecule has 0 saturated heterocycles. The molecule has 1 radical (unpaired) electrons. The van der Waals surface area contributed by atoms with Crippen molar-refractivity contribution in [3.05, 3.63) is 35.9 Å². The summed E-state index contributed by atoms with van der Waals surface area (Å²) in [6, 6.07) is 9.70. The Balaban J connectivity index is 2.97. The van der Waals surface area contributed by atoms with Crippen LogP contribution in [-0.2, 0) is 4.46 Å². The second-order valence-corrected chi connectivity index (χ2v) is 3.30. The van der Waals surface area contributed by atoms with E-state index >= 15 is 0 Å². The summed E-state index contributed by atoms with van der Waals surface area (Å²) < 4.78 is -1.28. The van der Waals surface area contributed by atoms with Gasteiger partial charge in [0.25, 0.3) is 0 Å². The summed E-state index contributed by atoms with van der Waals surface area (Å²) in [6.07, 6.45) is 0. The molecule has 10 heavy (non-hydrogen) atoms. The summed E-state index contributed by atoms with van der Waals surface area (Å²) >= 11 is 11.2. The first-order valence-electron chi connectivity index (χ1n) is 2.74. The van der Waals surface area contributed by atoms with Crippen LogP contribution in [0.2, 0.25) is 0 Å². The molecule has 0 unspecified atom stereocenters. The van der Waals surface area contributed by atoms with E-state index in [0.29, 0.717) is 5.56 Å². The van der Waals surface area contributed by atoms with Crippen LogP contribution in [0.25, 0.3) is 0 Å². The molecule has 0 aromatic heterocycles. The topological polar surface area (TPSA) is 26.0 Å². The smallest absolute Gasteiger partial charge is 0.192 e. The zero-order valence-corrected chi connectivity index (χ0v) is 6.65. The maximum Gasteiger partial charge on any atom is 0.192 e. The molecule has 53 valence electrons. The van der Waals surface area contributed by atoms with Crippen molar-refractivity contribution in [2.24, 2.45) is 5.73 Å². The minimum absolute atomic E-state index is 0.676. The second kappa shape index (κ2) is 2.79. The van der Waals surface area contributed by atoms with Crippen molar-refractivity contribution in [1.82, 2.24) is 0 Å². The SMILES string of the molecule is NC(Cl)(Cl)c1cc[c]cc1. The molecule has 0 spiro atoms. The molecule has 0 heterocycles. The molecule has 0 aliphatic heterocycles. The van der Waals surface area contributed by atoms with E-state index in [0.717, 1.165) is 0 Å². The van der Waals surface area contributed by atoms with E-state index in [2.05, 4.69) is 6.07 Å². The lowest BCUT2D eigenvalue weighted by atomic mass is 10.2. The van der Waals surface area contributed by atoms with Gasteiger partial charge in [0.15, 0.2) is 4.46 Å². The van der Waals surface area contributed by atoms with Gasteiger partial charge >= 0.3 is 0 Å². The van der Waals surface area contributed by atoms with Gasteiger partial charge in [0.1, 0.15) is 0 Å². The Bertz CT molecular complexity index is 203. The number of hydrogen-bond acceptors (Lipinski definition) is 1. The minimum Gasteiger partial charge on any atom is -0.296 e. The third kappa shape index (κ3) is 1.87. The highest BCUT2D eigenvalue weighted by Gasteiger charge is 2.18.